The van der Waals surface area contributed by atoms with E-state index in [1.54, 1.807) is 0 Å². The van der Waals surface area contributed by atoms with Gasteiger partial charge < -0.3 is 10.4 Å². The van der Waals surface area contributed by atoms with E-state index < -0.39 is 0 Å². The molecule has 110 valence electrons. The zero-order valence-corrected chi connectivity index (χ0v) is 12.5. The summed E-state index contributed by atoms with van der Waals surface area (Å²) < 4.78 is 0. The summed E-state index contributed by atoms with van der Waals surface area (Å²) in [6.07, 6.45) is 5.00. The summed E-state index contributed by atoms with van der Waals surface area (Å²) in [5.41, 5.74) is 3.36. The largest absolute Gasteiger partial charge is 0.508 e. The average Bonchev–Trinajstić information content (AvgIpc) is 2.52. The first kappa shape index (κ1) is 14.0. The first-order valence-corrected chi connectivity index (χ1v) is 7.85. The Bertz CT molecular complexity index is 594. The molecule has 1 aliphatic rings. The van der Waals surface area contributed by atoms with Gasteiger partial charge in [0, 0.05) is 23.7 Å². The van der Waals surface area contributed by atoms with Gasteiger partial charge in [0.05, 0.1) is 0 Å². The number of hydrogen-bond acceptors (Lipinski definition) is 2. The van der Waals surface area contributed by atoms with Gasteiger partial charge in [-0.05, 0) is 37.0 Å². The van der Waals surface area contributed by atoms with Crippen molar-refractivity contribution >= 4 is 5.69 Å². The summed E-state index contributed by atoms with van der Waals surface area (Å²) in [6, 6.07) is 17.1. The molecular weight excluding hydrogens is 258 g/mol. The molecule has 0 bridgehead atoms. The summed E-state index contributed by atoms with van der Waals surface area (Å²) >= 11 is 0. The Balaban J connectivity index is 1.79. The molecule has 2 unspecified atom stereocenters. The summed E-state index contributed by atoms with van der Waals surface area (Å²) in [7, 11) is 0. The summed E-state index contributed by atoms with van der Waals surface area (Å²) in [5.74, 6) is 0.926. The number of aryl methyl sites for hydroxylation is 1. The lowest BCUT2D eigenvalue weighted by atomic mass is 9.80. The summed E-state index contributed by atoms with van der Waals surface area (Å²) in [6.45, 7) is 1.92. The van der Waals surface area contributed by atoms with Crippen molar-refractivity contribution in [3.05, 3.63) is 59.7 Å². The molecule has 0 aromatic heterocycles. The van der Waals surface area contributed by atoms with Gasteiger partial charge in [0.1, 0.15) is 5.75 Å². The van der Waals surface area contributed by atoms with Gasteiger partial charge in [0.25, 0.3) is 0 Å². The molecule has 2 heteroatoms. The van der Waals surface area contributed by atoms with Crippen LogP contribution in [-0.4, -0.2) is 11.1 Å². The minimum absolute atomic E-state index is 0.368. The summed E-state index contributed by atoms with van der Waals surface area (Å²) in [4.78, 5) is 0. The number of nitrogens with one attached hydrogen (secondary N) is 1. The normalized spacial score (nSPS) is 22.0. The van der Waals surface area contributed by atoms with E-state index in [0.29, 0.717) is 17.7 Å². The van der Waals surface area contributed by atoms with E-state index in [9.17, 15) is 5.11 Å². The zero-order chi connectivity index (χ0) is 14.7. The van der Waals surface area contributed by atoms with Crippen molar-refractivity contribution in [2.75, 3.05) is 5.32 Å². The van der Waals surface area contributed by atoms with Crippen molar-refractivity contribution in [2.24, 2.45) is 0 Å². The van der Waals surface area contributed by atoms with Gasteiger partial charge in [0.15, 0.2) is 0 Å². The molecule has 0 amide bonds. The highest BCUT2D eigenvalue weighted by Gasteiger charge is 2.26. The SMILES string of the molecule is Cc1ccc(NC2CCCCC2c2ccccc2)cc1O. The van der Waals surface area contributed by atoms with Crippen LogP contribution in [-0.2, 0) is 0 Å². The lowest BCUT2D eigenvalue weighted by molar-refractivity contribution is 0.405. The van der Waals surface area contributed by atoms with Gasteiger partial charge in [-0.2, -0.15) is 0 Å². The first-order valence-electron chi connectivity index (χ1n) is 7.85. The van der Waals surface area contributed by atoms with Crippen LogP contribution < -0.4 is 5.32 Å². The molecule has 2 N–H and O–H groups in total. The monoisotopic (exact) mass is 281 g/mol. The highest BCUT2D eigenvalue weighted by atomic mass is 16.3. The van der Waals surface area contributed by atoms with Crippen molar-refractivity contribution in [3.63, 3.8) is 0 Å². The molecule has 2 aromatic carbocycles. The summed E-state index contributed by atoms with van der Waals surface area (Å²) in [5, 5.41) is 13.5. The van der Waals surface area contributed by atoms with Crippen LogP contribution in [0.3, 0.4) is 0 Å². The van der Waals surface area contributed by atoms with Crippen LogP contribution in [0.15, 0.2) is 48.5 Å². The Morgan fingerprint density at radius 3 is 2.52 bits per heavy atom. The van der Waals surface area contributed by atoms with Gasteiger partial charge in [-0.3, -0.25) is 0 Å². The van der Waals surface area contributed by atoms with Crippen LogP contribution in [0.5, 0.6) is 5.75 Å². The second kappa shape index (κ2) is 6.21. The van der Waals surface area contributed by atoms with Gasteiger partial charge in [-0.1, -0.05) is 49.2 Å². The van der Waals surface area contributed by atoms with E-state index in [1.807, 2.05) is 19.1 Å². The van der Waals surface area contributed by atoms with E-state index >= 15 is 0 Å². The maximum atomic E-state index is 9.87. The predicted octanol–water partition coefficient (Wildman–Crippen LogP) is 4.84. The molecule has 3 rings (SSSR count). The molecule has 2 atom stereocenters. The highest BCUT2D eigenvalue weighted by Crippen LogP contribution is 2.35. The van der Waals surface area contributed by atoms with Crippen molar-refractivity contribution < 1.29 is 5.11 Å². The minimum atomic E-state index is 0.368. The molecule has 0 aliphatic heterocycles. The smallest absolute Gasteiger partial charge is 0.120 e. The molecule has 1 saturated carbocycles. The lowest BCUT2D eigenvalue weighted by Gasteiger charge is -2.33. The molecular formula is C19H23NO. The van der Waals surface area contributed by atoms with Crippen LogP contribution in [0.2, 0.25) is 0 Å². The molecule has 0 heterocycles. The third-order valence-electron chi connectivity index (χ3n) is 4.55. The number of phenols is 1. The topological polar surface area (TPSA) is 32.3 Å². The first-order chi connectivity index (χ1) is 10.2. The minimum Gasteiger partial charge on any atom is -0.508 e. The average molecular weight is 281 g/mol. The molecule has 0 radical (unpaired) electrons. The molecule has 2 aromatic rings. The number of hydrogen-bond donors (Lipinski definition) is 2. The molecule has 0 saturated heterocycles. The maximum Gasteiger partial charge on any atom is 0.120 e. The third-order valence-corrected chi connectivity index (χ3v) is 4.55. The van der Waals surface area contributed by atoms with Crippen LogP contribution in [0.25, 0.3) is 0 Å². The number of benzene rings is 2. The van der Waals surface area contributed by atoms with Crippen molar-refractivity contribution in [1.29, 1.82) is 0 Å². The van der Waals surface area contributed by atoms with Gasteiger partial charge in [0.2, 0.25) is 0 Å². The van der Waals surface area contributed by atoms with Crippen molar-refractivity contribution in [3.8, 4) is 5.75 Å². The van der Waals surface area contributed by atoms with Crippen molar-refractivity contribution in [2.45, 2.75) is 44.6 Å². The fourth-order valence-corrected chi connectivity index (χ4v) is 3.32. The maximum absolute atomic E-state index is 9.87. The van der Waals surface area contributed by atoms with E-state index in [4.69, 9.17) is 0 Å². The van der Waals surface area contributed by atoms with Crippen LogP contribution in [0.1, 0.15) is 42.7 Å². The standard InChI is InChI=1S/C19H23NO/c1-14-11-12-16(13-19(14)21)20-18-10-6-5-9-17(18)15-7-3-2-4-8-15/h2-4,7-8,11-13,17-18,20-21H,5-6,9-10H2,1H3. The lowest BCUT2D eigenvalue weighted by Crippen LogP contribution is -2.30. The Kier molecular flexibility index (Phi) is 4.14. The number of phenolic OH excluding ortho intramolecular Hbond substituents is 1. The number of aromatic hydroxyl groups is 1. The Labute approximate surface area is 126 Å². The molecule has 1 aliphatic carbocycles. The third kappa shape index (κ3) is 3.21. The highest BCUT2D eigenvalue weighted by molar-refractivity contribution is 5.52. The van der Waals surface area contributed by atoms with E-state index in [0.717, 1.165) is 11.3 Å². The van der Waals surface area contributed by atoms with Crippen LogP contribution in [0.4, 0.5) is 5.69 Å². The molecule has 0 spiro atoms. The van der Waals surface area contributed by atoms with E-state index in [2.05, 4.69) is 41.7 Å². The fourth-order valence-electron chi connectivity index (χ4n) is 3.32. The van der Waals surface area contributed by atoms with Gasteiger partial charge in [-0.25, -0.2) is 0 Å². The van der Waals surface area contributed by atoms with E-state index in [1.165, 1.54) is 31.2 Å². The Morgan fingerprint density at radius 2 is 1.76 bits per heavy atom. The van der Waals surface area contributed by atoms with Gasteiger partial charge >= 0.3 is 0 Å². The quantitative estimate of drug-likeness (QED) is 0.843. The second-order valence-electron chi connectivity index (χ2n) is 6.05. The molecule has 2 nitrogen and oxygen atoms in total. The van der Waals surface area contributed by atoms with E-state index in [-0.39, 0.29) is 0 Å². The molecule has 1 fully saturated rings. The Hall–Kier alpha value is -1.96. The Morgan fingerprint density at radius 1 is 1.00 bits per heavy atom. The van der Waals surface area contributed by atoms with Crippen LogP contribution >= 0.6 is 0 Å². The molecule has 21 heavy (non-hydrogen) atoms. The number of rotatable bonds is 3. The van der Waals surface area contributed by atoms with Gasteiger partial charge in [-0.15, -0.1) is 0 Å². The van der Waals surface area contributed by atoms with Crippen molar-refractivity contribution in [1.82, 2.24) is 0 Å². The fraction of sp³-hybridized carbons (Fsp3) is 0.368. The zero-order valence-electron chi connectivity index (χ0n) is 12.5. The predicted molar refractivity (Wildman–Crippen MR) is 87.9 cm³/mol. The van der Waals surface area contributed by atoms with Crippen LogP contribution in [0, 0.1) is 6.92 Å². The second-order valence-corrected chi connectivity index (χ2v) is 6.05. The number of anilines is 1.